The number of ether oxygens (including phenoxy) is 1. The van der Waals surface area contributed by atoms with Crippen LogP contribution < -0.4 is 5.32 Å². The monoisotopic (exact) mass is 558 g/mol. The molecule has 0 aromatic carbocycles. The first kappa shape index (κ1) is 39.9. The van der Waals surface area contributed by atoms with Crippen molar-refractivity contribution in [2.45, 2.75) is 184 Å². The van der Waals surface area contributed by atoms with Crippen LogP contribution in [0.25, 0.3) is 0 Å². The molecule has 1 unspecified atom stereocenters. The quantitative estimate of drug-likeness (QED) is 0.217. The van der Waals surface area contributed by atoms with E-state index >= 15 is 0 Å². The summed E-state index contributed by atoms with van der Waals surface area (Å²) in [5, 5.41) is 3.32. The van der Waals surface area contributed by atoms with Crippen LogP contribution in [-0.2, 0) is 9.53 Å². The van der Waals surface area contributed by atoms with Gasteiger partial charge in [0.2, 0.25) is 5.91 Å². The van der Waals surface area contributed by atoms with E-state index in [1.54, 1.807) is 0 Å². The van der Waals surface area contributed by atoms with Crippen molar-refractivity contribution < 1.29 is 9.53 Å². The van der Waals surface area contributed by atoms with Gasteiger partial charge in [-0.25, -0.2) is 0 Å². The summed E-state index contributed by atoms with van der Waals surface area (Å²) < 4.78 is 6.68. The first-order chi connectivity index (χ1) is 16.7. The van der Waals surface area contributed by atoms with Gasteiger partial charge in [-0.15, -0.1) is 11.8 Å². The first-order valence-corrected chi connectivity index (χ1v) is 16.1. The van der Waals surface area contributed by atoms with Crippen LogP contribution in [0.1, 0.15) is 164 Å². The van der Waals surface area contributed by atoms with E-state index in [9.17, 15) is 4.79 Å². The zero-order valence-electron chi connectivity index (χ0n) is 29.5. The van der Waals surface area contributed by atoms with E-state index in [2.05, 4.69) is 123 Å². The Balaban J connectivity index is 0. The summed E-state index contributed by atoms with van der Waals surface area (Å²) in [4.78, 5) is 13.2. The van der Waals surface area contributed by atoms with Crippen LogP contribution in [0.5, 0.6) is 0 Å². The number of thioether (sulfide) groups is 1. The Bertz CT molecular complexity index is 696. The summed E-state index contributed by atoms with van der Waals surface area (Å²) in [5.41, 5.74) is 0.0859. The summed E-state index contributed by atoms with van der Waals surface area (Å²) in [7, 11) is 0. The Morgan fingerprint density at radius 2 is 1.26 bits per heavy atom. The van der Waals surface area contributed by atoms with Gasteiger partial charge in [-0.2, -0.15) is 0 Å². The summed E-state index contributed by atoms with van der Waals surface area (Å²) in [6, 6.07) is 0. The molecule has 0 radical (unpaired) electrons. The molecule has 0 aromatic heterocycles. The number of hydrogen-bond acceptors (Lipinski definition) is 3. The molecule has 0 bridgehead atoms. The number of amides is 1. The minimum absolute atomic E-state index is 0.0284. The second-order valence-electron chi connectivity index (χ2n) is 16.5. The van der Waals surface area contributed by atoms with Crippen molar-refractivity contribution in [1.82, 2.24) is 5.32 Å². The molecule has 0 saturated carbocycles. The van der Waals surface area contributed by atoms with Crippen LogP contribution in [0.15, 0.2) is 0 Å². The standard InChI is InChI=1S/C32H65NO2S.C2H6/c1-18-27(6,7)23-28(8,9)32(16,17)35-20-19-29(10,11)33-25(34)24(2)21-30(12,13)36-31(14,15)22-26(3,4)5;1-2/h24H,18-23H2,1-17H3,(H,33,34);1-2H3. The van der Waals surface area contributed by atoms with E-state index in [1.165, 1.54) is 0 Å². The molecule has 0 aliphatic rings. The highest BCUT2D eigenvalue weighted by Crippen LogP contribution is 2.46. The molecule has 3 nitrogen and oxygen atoms in total. The molecule has 0 rings (SSSR count). The van der Waals surface area contributed by atoms with Crippen molar-refractivity contribution in [2.75, 3.05) is 6.61 Å². The number of nitrogens with one attached hydrogen (secondary N) is 1. The summed E-state index contributed by atoms with van der Waals surface area (Å²) in [6.07, 6.45) is 5.07. The number of carbonyl (C=O) groups is 1. The van der Waals surface area contributed by atoms with Gasteiger partial charge >= 0.3 is 0 Å². The Hall–Kier alpha value is -0.220. The van der Waals surface area contributed by atoms with Gasteiger partial charge < -0.3 is 10.1 Å². The molecule has 0 spiro atoms. The van der Waals surface area contributed by atoms with Crippen molar-refractivity contribution in [3.05, 3.63) is 0 Å². The highest BCUT2D eigenvalue weighted by Gasteiger charge is 2.41. The van der Waals surface area contributed by atoms with Gasteiger partial charge in [0.1, 0.15) is 0 Å². The maximum absolute atomic E-state index is 13.2. The Kier molecular flexibility index (Phi) is 15.3. The molecule has 1 amide bonds. The van der Waals surface area contributed by atoms with E-state index in [0.29, 0.717) is 12.0 Å². The first-order valence-electron chi connectivity index (χ1n) is 15.3. The van der Waals surface area contributed by atoms with Crippen molar-refractivity contribution >= 4 is 17.7 Å². The smallest absolute Gasteiger partial charge is 0.223 e. The van der Waals surface area contributed by atoms with E-state index in [0.717, 1.165) is 32.1 Å². The van der Waals surface area contributed by atoms with Crippen molar-refractivity contribution in [2.24, 2.45) is 22.2 Å². The van der Waals surface area contributed by atoms with Gasteiger partial charge in [0.15, 0.2) is 0 Å². The Morgan fingerprint density at radius 1 is 0.789 bits per heavy atom. The lowest BCUT2D eigenvalue weighted by molar-refractivity contribution is -0.128. The fraction of sp³-hybridized carbons (Fsp3) is 0.971. The molecule has 0 saturated heterocycles. The minimum Gasteiger partial charge on any atom is -0.375 e. The minimum atomic E-state index is -0.308. The maximum atomic E-state index is 13.2. The lowest BCUT2D eigenvalue weighted by atomic mass is 9.66. The fourth-order valence-corrected chi connectivity index (χ4v) is 8.08. The average Bonchev–Trinajstić information content (AvgIpc) is 2.64. The Labute approximate surface area is 245 Å². The highest BCUT2D eigenvalue weighted by molar-refractivity contribution is 8.01. The Morgan fingerprint density at radius 3 is 1.68 bits per heavy atom. The van der Waals surface area contributed by atoms with Crippen LogP contribution in [-0.4, -0.2) is 33.1 Å². The fourth-order valence-electron chi connectivity index (χ4n) is 5.74. The van der Waals surface area contributed by atoms with E-state index in [4.69, 9.17) is 4.74 Å². The normalized spacial score (nSPS) is 15.0. The number of rotatable bonds is 15. The molecule has 0 aliphatic carbocycles. The molecule has 0 aromatic rings. The van der Waals surface area contributed by atoms with Crippen LogP contribution in [0.4, 0.5) is 0 Å². The molecule has 4 heteroatoms. The van der Waals surface area contributed by atoms with Gasteiger partial charge in [-0.05, 0) is 69.6 Å². The topological polar surface area (TPSA) is 38.3 Å². The van der Waals surface area contributed by atoms with Crippen molar-refractivity contribution in [1.29, 1.82) is 0 Å². The molecule has 0 fully saturated rings. The zero-order valence-corrected chi connectivity index (χ0v) is 30.4. The van der Waals surface area contributed by atoms with E-state index < -0.39 is 0 Å². The van der Waals surface area contributed by atoms with Crippen LogP contribution >= 0.6 is 11.8 Å². The predicted molar refractivity (Wildman–Crippen MR) is 174 cm³/mol. The molecule has 0 heterocycles. The second kappa shape index (κ2) is 14.6. The van der Waals surface area contributed by atoms with Gasteiger partial charge in [0.25, 0.3) is 0 Å². The molecule has 1 atom stereocenters. The maximum Gasteiger partial charge on any atom is 0.223 e. The predicted octanol–water partition coefficient (Wildman–Crippen LogP) is 10.7. The lowest BCUT2D eigenvalue weighted by Gasteiger charge is -2.46. The summed E-state index contributed by atoms with van der Waals surface area (Å²) in [6.45, 7) is 43.1. The van der Waals surface area contributed by atoms with Crippen molar-refractivity contribution in [3.63, 3.8) is 0 Å². The molecular weight excluding hydrogens is 486 g/mol. The molecule has 1 N–H and O–H groups in total. The van der Waals surface area contributed by atoms with Crippen molar-refractivity contribution in [3.8, 4) is 0 Å². The van der Waals surface area contributed by atoms with Gasteiger partial charge in [0.05, 0.1) is 5.60 Å². The van der Waals surface area contributed by atoms with Crippen LogP contribution in [0.2, 0.25) is 0 Å². The van der Waals surface area contributed by atoms with Gasteiger partial charge in [-0.1, -0.05) is 110 Å². The van der Waals surface area contributed by atoms with E-state index in [-0.39, 0.29) is 43.3 Å². The molecule has 0 aliphatic heterocycles. The largest absolute Gasteiger partial charge is 0.375 e. The average molecular weight is 558 g/mol. The van der Waals surface area contributed by atoms with Gasteiger partial charge in [0, 0.05) is 27.6 Å². The molecule has 38 heavy (non-hydrogen) atoms. The second-order valence-corrected chi connectivity index (χ2v) is 18.9. The third-order valence-electron chi connectivity index (χ3n) is 7.91. The number of hydrogen-bond donors (Lipinski definition) is 1. The summed E-state index contributed by atoms with van der Waals surface area (Å²) in [5.74, 6) is 0.108. The zero-order chi connectivity index (χ0) is 31.0. The highest BCUT2D eigenvalue weighted by atomic mass is 32.2. The van der Waals surface area contributed by atoms with E-state index in [1.807, 2.05) is 25.6 Å². The SMILES string of the molecule is CC.CCC(C)(C)CC(C)(C)C(C)(C)OCCC(C)(C)NC(=O)C(C)CC(C)(C)SC(C)(C)CC(C)(C)C. The van der Waals surface area contributed by atoms with Crippen LogP contribution in [0, 0.1) is 22.2 Å². The van der Waals surface area contributed by atoms with Gasteiger partial charge in [-0.3, -0.25) is 4.79 Å². The third-order valence-corrected chi connectivity index (χ3v) is 9.33. The molecule has 230 valence electrons. The number of carbonyl (C=O) groups excluding carboxylic acids is 1. The molecular formula is C34H71NO2S. The van der Waals surface area contributed by atoms with Crippen LogP contribution in [0.3, 0.4) is 0 Å². The summed E-state index contributed by atoms with van der Waals surface area (Å²) >= 11 is 2.02. The third kappa shape index (κ3) is 16.1. The lowest BCUT2D eigenvalue weighted by Crippen LogP contribution is -2.49.